The van der Waals surface area contributed by atoms with Crippen molar-refractivity contribution >= 4 is 11.6 Å². The number of anilines is 1. The van der Waals surface area contributed by atoms with Crippen molar-refractivity contribution in [3.63, 3.8) is 0 Å². The number of amides is 1. The Kier molecular flexibility index (Phi) is 5.99. The van der Waals surface area contributed by atoms with Gasteiger partial charge in [-0.1, -0.05) is 17.7 Å². The average molecular weight is 327 g/mol. The molecule has 2 rings (SSSR count). The molecule has 1 amide bonds. The summed E-state index contributed by atoms with van der Waals surface area (Å²) in [7, 11) is 1.61. The molecular weight excluding hydrogens is 302 g/mol. The molecule has 0 fully saturated rings. The quantitative estimate of drug-likeness (QED) is 0.850. The van der Waals surface area contributed by atoms with Gasteiger partial charge in [-0.25, -0.2) is 0 Å². The third-order valence-corrected chi connectivity index (χ3v) is 3.74. The van der Waals surface area contributed by atoms with Gasteiger partial charge in [-0.3, -0.25) is 4.79 Å². The lowest BCUT2D eigenvalue weighted by atomic mass is 10.1. The zero-order valence-electron chi connectivity index (χ0n) is 15.0. The van der Waals surface area contributed by atoms with Crippen LogP contribution in [-0.2, 0) is 11.3 Å². The van der Waals surface area contributed by atoms with E-state index in [4.69, 9.17) is 9.47 Å². The highest BCUT2D eigenvalue weighted by molar-refractivity contribution is 6.04. The third kappa shape index (κ3) is 4.59. The first-order valence-corrected chi connectivity index (χ1v) is 8.08. The number of benzene rings is 2. The van der Waals surface area contributed by atoms with E-state index < -0.39 is 0 Å². The fourth-order valence-corrected chi connectivity index (χ4v) is 2.44. The highest BCUT2D eigenvalue weighted by Gasteiger charge is 2.12. The van der Waals surface area contributed by atoms with E-state index in [1.165, 1.54) is 5.56 Å². The molecule has 0 radical (unpaired) electrons. The van der Waals surface area contributed by atoms with E-state index in [1.807, 2.05) is 52.0 Å². The maximum absolute atomic E-state index is 12.5. The van der Waals surface area contributed by atoms with Crippen molar-refractivity contribution < 1.29 is 14.3 Å². The summed E-state index contributed by atoms with van der Waals surface area (Å²) in [6.07, 6.45) is 0.113. The van der Waals surface area contributed by atoms with Crippen LogP contribution >= 0.6 is 0 Å². The van der Waals surface area contributed by atoms with Crippen LogP contribution in [0, 0.1) is 13.8 Å². The summed E-state index contributed by atoms with van der Waals surface area (Å²) in [5, 5.41) is 2.96. The molecule has 2 aromatic rings. The number of hydrogen-bond donors (Lipinski definition) is 1. The van der Waals surface area contributed by atoms with Crippen LogP contribution in [0.4, 0.5) is 5.69 Å². The third-order valence-electron chi connectivity index (χ3n) is 3.74. The maximum Gasteiger partial charge on any atom is 0.255 e. The highest BCUT2D eigenvalue weighted by Crippen LogP contribution is 2.23. The lowest BCUT2D eigenvalue weighted by Crippen LogP contribution is -2.14. The lowest BCUT2D eigenvalue weighted by molar-refractivity contribution is 0.0644. The molecule has 0 aromatic heterocycles. The van der Waals surface area contributed by atoms with Crippen molar-refractivity contribution in [1.82, 2.24) is 0 Å². The minimum atomic E-state index is -0.143. The number of carbonyl (C=O) groups excluding carboxylic acids is 1. The Morgan fingerprint density at radius 1 is 1.12 bits per heavy atom. The number of rotatable bonds is 6. The molecule has 4 nitrogen and oxygen atoms in total. The van der Waals surface area contributed by atoms with Crippen molar-refractivity contribution in [2.24, 2.45) is 0 Å². The van der Waals surface area contributed by atoms with E-state index in [0.717, 1.165) is 22.6 Å². The van der Waals surface area contributed by atoms with E-state index in [9.17, 15) is 4.79 Å². The summed E-state index contributed by atoms with van der Waals surface area (Å²) in [6.45, 7) is 8.37. The first-order chi connectivity index (χ1) is 11.4. The first-order valence-electron chi connectivity index (χ1n) is 8.08. The Bertz CT molecular complexity index is 723. The molecule has 0 bridgehead atoms. The second-order valence-corrected chi connectivity index (χ2v) is 6.16. The number of methoxy groups -OCH3 is 1. The Morgan fingerprint density at radius 3 is 2.50 bits per heavy atom. The number of hydrogen-bond acceptors (Lipinski definition) is 3. The Hall–Kier alpha value is -2.33. The van der Waals surface area contributed by atoms with Gasteiger partial charge in [0.2, 0.25) is 0 Å². The molecule has 0 aliphatic carbocycles. The van der Waals surface area contributed by atoms with Crippen LogP contribution in [0.25, 0.3) is 0 Å². The number of carbonyl (C=O) groups is 1. The van der Waals surface area contributed by atoms with Crippen LogP contribution in [0.5, 0.6) is 5.75 Å². The van der Waals surface area contributed by atoms with E-state index >= 15 is 0 Å². The van der Waals surface area contributed by atoms with Crippen molar-refractivity contribution in [2.45, 2.75) is 40.4 Å². The predicted octanol–water partition coefficient (Wildman–Crippen LogP) is 4.49. The van der Waals surface area contributed by atoms with Crippen LogP contribution in [0.2, 0.25) is 0 Å². The van der Waals surface area contributed by atoms with Gasteiger partial charge in [-0.05, 0) is 57.5 Å². The van der Waals surface area contributed by atoms with Crippen LogP contribution in [-0.4, -0.2) is 19.1 Å². The molecule has 128 valence electrons. The molecule has 0 saturated heterocycles. The summed E-state index contributed by atoms with van der Waals surface area (Å²) in [4.78, 5) is 12.5. The van der Waals surface area contributed by atoms with E-state index in [1.54, 1.807) is 19.2 Å². The zero-order chi connectivity index (χ0) is 17.7. The van der Waals surface area contributed by atoms with Crippen molar-refractivity contribution in [2.75, 3.05) is 12.4 Å². The van der Waals surface area contributed by atoms with E-state index in [-0.39, 0.29) is 12.0 Å². The van der Waals surface area contributed by atoms with E-state index in [2.05, 4.69) is 5.32 Å². The Balaban J connectivity index is 2.20. The number of aryl methyl sites for hydroxylation is 2. The minimum absolute atomic E-state index is 0.113. The molecule has 0 atom stereocenters. The SMILES string of the molecule is COc1ccc(C(=O)Nc2ccc(C)cc2C)cc1COC(C)C. The number of nitrogens with one attached hydrogen (secondary N) is 1. The highest BCUT2D eigenvalue weighted by atomic mass is 16.5. The summed E-state index contributed by atoms with van der Waals surface area (Å²) < 4.78 is 11.0. The van der Waals surface area contributed by atoms with E-state index in [0.29, 0.717) is 12.2 Å². The molecule has 0 unspecified atom stereocenters. The van der Waals surface area contributed by atoms with Gasteiger partial charge in [0.25, 0.3) is 5.91 Å². The average Bonchev–Trinajstić information content (AvgIpc) is 2.55. The second-order valence-electron chi connectivity index (χ2n) is 6.16. The monoisotopic (exact) mass is 327 g/mol. The second kappa shape index (κ2) is 7.97. The van der Waals surface area contributed by atoms with Crippen LogP contribution in [0.1, 0.15) is 40.9 Å². The molecule has 0 aliphatic heterocycles. The predicted molar refractivity (Wildman–Crippen MR) is 96.8 cm³/mol. The molecule has 0 aliphatic rings. The molecule has 1 N–H and O–H groups in total. The summed E-state index contributed by atoms with van der Waals surface area (Å²) in [5.41, 5.74) is 4.47. The van der Waals surface area contributed by atoms with Crippen molar-refractivity contribution in [1.29, 1.82) is 0 Å². The smallest absolute Gasteiger partial charge is 0.255 e. The molecule has 24 heavy (non-hydrogen) atoms. The van der Waals surface area contributed by atoms with Crippen molar-refractivity contribution in [3.05, 3.63) is 58.7 Å². The minimum Gasteiger partial charge on any atom is -0.496 e. The van der Waals surface area contributed by atoms with Gasteiger partial charge < -0.3 is 14.8 Å². The molecule has 0 saturated carbocycles. The standard InChI is InChI=1S/C20H25NO3/c1-13(2)24-12-17-11-16(7-9-19(17)23-5)20(22)21-18-8-6-14(3)10-15(18)4/h6-11,13H,12H2,1-5H3,(H,21,22). The summed E-state index contributed by atoms with van der Waals surface area (Å²) in [5.74, 6) is 0.578. The fraction of sp³-hybridized carbons (Fsp3) is 0.350. The normalized spacial score (nSPS) is 10.8. The van der Waals surface area contributed by atoms with Gasteiger partial charge in [-0.2, -0.15) is 0 Å². The van der Waals surface area contributed by atoms with Gasteiger partial charge in [0.05, 0.1) is 19.8 Å². The molecule has 4 heteroatoms. The van der Waals surface area contributed by atoms with Crippen LogP contribution < -0.4 is 10.1 Å². The van der Waals surface area contributed by atoms with Gasteiger partial charge in [0.1, 0.15) is 5.75 Å². The van der Waals surface area contributed by atoms with Gasteiger partial charge in [-0.15, -0.1) is 0 Å². The Labute approximate surface area is 143 Å². The van der Waals surface area contributed by atoms with Crippen LogP contribution in [0.3, 0.4) is 0 Å². The summed E-state index contributed by atoms with van der Waals surface area (Å²) >= 11 is 0. The largest absolute Gasteiger partial charge is 0.496 e. The summed E-state index contributed by atoms with van der Waals surface area (Å²) in [6, 6.07) is 11.3. The number of ether oxygens (including phenoxy) is 2. The Morgan fingerprint density at radius 2 is 1.88 bits per heavy atom. The molecule has 2 aromatic carbocycles. The lowest BCUT2D eigenvalue weighted by Gasteiger charge is -2.14. The maximum atomic E-state index is 12.5. The zero-order valence-corrected chi connectivity index (χ0v) is 15.0. The molecular formula is C20H25NO3. The fourth-order valence-electron chi connectivity index (χ4n) is 2.44. The van der Waals surface area contributed by atoms with Gasteiger partial charge in [0.15, 0.2) is 0 Å². The van der Waals surface area contributed by atoms with Crippen LogP contribution in [0.15, 0.2) is 36.4 Å². The van der Waals surface area contributed by atoms with Crippen molar-refractivity contribution in [3.8, 4) is 5.75 Å². The molecule has 0 spiro atoms. The van der Waals surface area contributed by atoms with Gasteiger partial charge >= 0.3 is 0 Å². The topological polar surface area (TPSA) is 47.6 Å². The first kappa shape index (κ1) is 18.0. The van der Waals surface area contributed by atoms with Gasteiger partial charge in [0, 0.05) is 16.8 Å². The molecule has 0 heterocycles.